The number of nitrogens with one attached hydrogen (secondary N) is 3. The number of carbonyl (C=O) groups is 1. The summed E-state index contributed by atoms with van der Waals surface area (Å²) in [6.07, 6.45) is 2.72. The highest BCUT2D eigenvalue weighted by Crippen LogP contribution is 2.30. The van der Waals surface area contributed by atoms with Crippen molar-refractivity contribution in [2.45, 2.75) is 33.1 Å². The zero-order valence-electron chi connectivity index (χ0n) is 21.4. The van der Waals surface area contributed by atoms with Crippen molar-refractivity contribution < 1.29 is 9.53 Å². The fraction of sp³-hybridized carbons (Fsp3) is 0.179. The van der Waals surface area contributed by atoms with Gasteiger partial charge in [-0.3, -0.25) is 10.1 Å². The molecule has 192 valence electrons. The van der Waals surface area contributed by atoms with Crippen LogP contribution < -0.4 is 20.9 Å². The number of aryl methyl sites for hydroxylation is 1. The third kappa shape index (κ3) is 5.24. The highest BCUT2D eigenvalue weighted by Gasteiger charge is 2.21. The van der Waals surface area contributed by atoms with E-state index >= 15 is 0 Å². The number of urea groups is 1. The van der Waals surface area contributed by atoms with Gasteiger partial charge in [0.15, 0.2) is 11.4 Å². The summed E-state index contributed by atoms with van der Waals surface area (Å²) in [5, 5.41) is 10.6. The van der Waals surface area contributed by atoms with Crippen LogP contribution in [-0.4, -0.2) is 30.8 Å². The molecule has 0 radical (unpaired) electrons. The van der Waals surface area contributed by atoms with Crippen molar-refractivity contribution in [1.29, 1.82) is 0 Å². The van der Waals surface area contributed by atoms with E-state index in [2.05, 4.69) is 46.4 Å². The van der Waals surface area contributed by atoms with Gasteiger partial charge in [-0.15, -0.1) is 0 Å². The first-order valence-corrected chi connectivity index (χ1v) is 12.0. The molecule has 3 aromatic heterocycles. The molecule has 0 saturated heterocycles. The fourth-order valence-electron chi connectivity index (χ4n) is 3.85. The van der Waals surface area contributed by atoms with E-state index in [0.29, 0.717) is 34.2 Å². The number of hydrogen-bond donors (Lipinski definition) is 3. The second-order valence-corrected chi connectivity index (χ2v) is 9.82. The lowest BCUT2D eigenvalue weighted by molar-refractivity contribution is 0.262. The molecule has 3 heterocycles. The molecule has 10 nitrogen and oxygen atoms in total. The van der Waals surface area contributed by atoms with Gasteiger partial charge in [0.25, 0.3) is 5.56 Å². The third-order valence-electron chi connectivity index (χ3n) is 5.83. The van der Waals surface area contributed by atoms with Crippen LogP contribution in [0.2, 0.25) is 0 Å². The van der Waals surface area contributed by atoms with Crippen LogP contribution in [0, 0.1) is 6.92 Å². The number of hydrogen-bond acceptors (Lipinski definition) is 6. The summed E-state index contributed by atoms with van der Waals surface area (Å²) in [4.78, 5) is 35.4. The topological polar surface area (TPSA) is 127 Å². The second kappa shape index (κ2) is 9.81. The van der Waals surface area contributed by atoms with Crippen LogP contribution in [0.3, 0.4) is 0 Å². The van der Waals surface area contributed by atoms with Gasteiger partial charge in [-0.1, -0.05) is 39.0 Å². The van der Waals surface area contributed by atoms with E-state index in [4.69, 9.17) is 9.84 Å². The van der Waals surface area contributed by atoms with Crippen LogP contribution in [0.25, 0.3) is 16.9 Å². The third-order valence-corrected chi connectivity index (χ3v) is 5.83. The zero-order valence-corrected chi connectivity index (χ0v) is 21.4. The number of para-hydroxylation sites is 1. The standard InChI is InChI=1S/C28H27N7O3/c1-17-14-19(38-21-12-13-29-26-25(21)30-16-24(36)33-26)10-11-20(17)31-27(37)32-23-15-22(28(2,3)4)34-35(23)18-8-6-5-7-9-18/h5-16H,1-4H3,(H,29,33,36)(H2,31,32,37). The Hall–Kier alpha value is -4.99. The molecule has 0 aliphatic heterocycles. The molecular weight excluding hydrogens is 482 g/mol. The van der Waals surface area contributed by atoms with Crippen LogP contribution in [0.1, 0.15) is 32.0 Å². The maximum atomic E-state index is 13.0. The Morgan fingerprint density at radius 2 is 1.79 bits per heavy atom. The van der Waals surface area contributed by atoms with Gasteiger partial charge >= 0.3 is 6.03 Å². The molecule has 0 saturated carbocycles. The molecule has 0 unspecified atom stereocenters. The number of carbonyl (C=O) groups excluding carboxylic acids is 1. The van der Waals surface area contributed by atoms with Crippen molar-refractivity contribution in [2.75, 3.05) is 10.6 Å². The summed E-state index contributed by atoms with van der Waals surface area (Å²) < 4.78 is 7.73. The summed E-state index contributed by atoms with van der Waals surface area (Å²) in [6, 6.07) is 18.1. The Morgan fingerprint density at radius 1 is 1.00 bits per heavy atom. The Morgan fingerprint density at radius 3 is 2.53 bits per heavy atom. The molecule has 2 aromatic carbocycles. The van der Waals surface area contributed by atoms with E-state index < -0.39 is 6.03 Å². The molecule has 0 aliphatic carbocycles. The molecule has 2 amide bonds. The van der Waals surface area contributed by atoms with E-state index in [1.807, 2.05) is 43.3 Å². The smallest absolute Gasteiger partial charge is 0.324 e. The van der Waals surface area contributed by atoms with Crippen LogP contribution >= 0.6 is 0 Å². The van der Waals surface area contributed by atoms with E-state index in [1.165, 1.54) is 12.4 Å². The van der Waals surface area contributed by atoms with Gasteiger partial charge in [0.1, 0.15) is 17.1 Å². The van der Waals surface area contributed by atoms with Crippen molar-refractivity contribution in [2.24, 2.45) is 0 Å². The van der Waals surface area contributed by atoms with Crippen molar-refractivity contribution >= 4 is 28.7 Å². The lowest BCUT2D eigenvalue weighted by Crippen LogP contribution is -2.21. The van der Waals surface area contributed by atoms with Crippen molar-refractivity contribution in [3.05, 3.63) is 94.7 Å². The molecule has 0 fully saturated rings. The predicted molar refractivity (Wildman–Crippen MR) is 146 cm³/mol. The highest BCUT2D eigenvalue weighted by atomic mass is 16.5. The maximum Gasteiger partial charge on any atom is 0.324 e. The zero-order chi connectivity index (χ0) is 26.9. The van der Waals surface area contributed by atoms with Gasteiger partial charge in [-0.05, 0) is 42.8 Å². The number of H-pyrrole nitrogens is 1. The number of amides is 2. The lowest BCUT2D eigenvalue weighted by atomic mass is 9.92. The number of fused-ring (bicyclic) bond motifs is 1. The van der Waals surface area contributed by atoms with Crippen molar-refractivity contribution in [1.82, 2.24) is 24.7 Å². The number of aromatic amines is 1. The Bertz CT molecular complexity index is 1680. The number of nitrogens with zero attached hydrogens (tertiary/aromatic N) is 4. The van der Waals surface area contributed by atoms with Gasteiger partial charge in [-0.25, -0.2) is 19.4 Å². The lowest BCUT2D eigenvalue weighted by Gasteiger charge is -2.14. The Kier molecular flexibility index (Phi) is 6.38. The highest BCUT2D eigenvalue weighted by molar-refractivity contribution is 6.00. The summed E-state index contributed by atoms with van der Waals surface area (Å²) >= 11 is 0. The van der Waals surface area contributed by atoms with Crippen LogP contribution in [-0.2, 0) is 5.41 Å². The molecule has 5 aromatic rings. The van der Waals surface area contributed by atoms with E-state index in [9.17, 15) is 9.59 Å². The molecule has 38 heavy (non-hydrogen) atoms. The number of anilines is 2. The van der Waals surface area contributed by atoms with Gasteiger partial charge < -0.3 is 15.0 Å². The molecule has 5 rings (SSSR count). The van der Waals surface area contributed by atoms with E-state index in [-0.39, 0.29) is 11.0 Å². The molecule has 0 spiro atoms. The normalized spacial score (nSPS) is 11.4. The van der Waals surface area contributed by atoms with Gasteiger partial charge in [0, 0.05) is 29.4 Å². The number of pyridine rings is 1. The number of aromatic nitrogens is 5. The average Bonchev–Trinajstić information content (AvgIpc) is 3.30. The molecule has 3 N–H and O–H groups in total. The Labute approximate surface area is 218 Å². The predicted octanol–water partition coefficient (Wildman–Crippen LogP) is 5.55. The maximum absolute atomic E-state index is 13.0. The monoisotopic (exact) mass is 509 g/mol. The average molecular weight is 510 g/mol. The number of benzene rings is 2. The van der Waals surface area contributed by atoms with Crippen molar-refractivity contribution in [3.8, 4) is 17.2 Å². The summed E-state index contributed by atoms with van der Waals surface area (Å²) in [6.45, 7) is 8.10. The summed E-state index contributed by atoms with van der Waals surface area (Å²) in [5.41, 5.74) is 3.37. The SMILES string of the molecule is Cc1cc(Oc2ccnc3[nH]c(=O)cnc23)ccc1NC(=O)Nc1cc(C(C)(C)C)nn1-c1ccccc1. The largest absolute Gasteiger partial charge is 0.455 e. The van der Waals surface area contributed by atoms with Gasteiger partial charge in [0.05, 0.1) is 17.6 Å². The van der Waals surface area contributed by atoms with Crippen LogP contribution in [0.4, 0.5) is 16.3 Å². The molecule has 0 aliphatic rings. The summed E-state index contributed by atoms with van der Waals surface area (Å²) in [7, 11) is 0. The van der Waals surface area contributed by atoms with E-state index in [0.717, 1.165) is 16.9 Å². The first-order chi connectivity index (χ1) is 18.2. The number of rotatable bonds is 5. The Balaban J connectivity index is 1.34. The first kappa shape index (κ1) is 24.7. The van der Waals surface area contributed by atoms with Gasteiger partial charge in [0.2, 0.25) is 0 Å². The summed E-state index contributed by atoms with van der Waals surface area (Å²) in [5.74, 6) is 1.56. The van der Waals surface area contributed by atoms with E-state index in [1.54, 1.807) is 28.9 Å². The first-order valence-electron chi connectivity index (χ1n) is 12.0. The minimum atomic E-state index is -0.396. The molecule has 0 atom stereocenters. The van der Waals surface area contributed by atoms with Crippen LogP contribution in [0.15, 0.2) is 77.9 Å². The van der Waals surface area contributed by atoms with Crippen LogP contribution in [0.5, 0.6) is 11.5 Å². The fourth-order valence-corrected chi connectivity index (χ4v) is 3.85. The van der Waals surface area contributed by atoms with Gasteiger partial charge in [-0.2, -0.15) is 5.10 Å². The minimum absolute atomic E-state index is 0.190. The molecular formula is C28H27N7O3. The molecule has 0 bridgehead atoms. The minimum Gasteiger partial charge on any atom is -0.455 e. The quantitative estimate of drug-likeness (QED) is 0.285. The second-order valence-electron chi connectivity index (χ2n) is 9.82. The van der Waals surface area contributed by atoms with Crippen molar-refractivity contribution in [3.63, 3.8) is 0 Å². The molecule has 10 heteroatoms. The number of ether oxygens (including phenoxy) is 1.